The lowest BCUT2D eigenvalue weighted by atomic mass is 9.74. The van der Waals surface area contributed by atoms with E-state index < -0.39 is 11.8 Å². The van der Waals surface area contributed by atoms with Crippen molar-refractivity contribution in [2.24, 2.45) is 11.3 Å². The molecule has 2 atom stereocenters. The van der Waals surface area contributed by atoms with Gasteiger partial charge < -0.3 is 14.7 Å². The van der Waals surface area contributed by atoms with Gasteiger partial charge in [0.25, 0.3) is 0 Å². The normalized spacial score (nSPS) is 22.7. The zero-order valence-corrected chi connectivity index (χ0v) is 17.8. The van der Waals surface area contributed by atoms with Gasteiger partial charge in [-0.2, -0.15) is 0 Å². The van der Waals surface area contributed by atoms with Crippen molar-refractivity contribution in [3.05, 3.63) is 54.1 Å². The maximum atomic E-state index is 13.1. The van der Waals surface area contributed by atoms with E-state index in [2.05, 4.69) is 45.2 Å². The molecule has 6 nitrogen and oxygen atoms in total. The molecular weight excluding hydrogens is 397 g/mol. The number of aromatic nitrogens is 2. The molecule has 1 N–H and O–H groups in total. The Morgan fingerprint density at radius 1 is 1.19 bits per heavy atom. The molecule has 1 aliphatic carbocycles. The number of carboxylic acid groups (broad SMARTS) is 1. The first kappa shape index (κ1) is 21.7. The molecule has 4 rings (SSSR count). The van der Waals surface area contributed by atoms with Gasteiger partial charge in [0.2, 0.25) is 0 Å². The van der Waals surface area contributed by atoms with Crippen molar-refractivity contribution in [3.8, 4) is 6.01 Å². The average molecular weight is 428 g/mol. The zero-order valence-electron chi connectivity index (χ0n) is 17.8. The van der Waals surface area contributed by atoms with Crippen LogP contribution in [-0.2, 0) is 4.79 Å². The number of ether oxygens (including phenoxy) is 1. The van der Waals surface area contributed by atoms with Crippen LogP contribution < -0.4 is 4.74 Å². The van der Waals surface area contributed by atoms with Crippen LogP contribution in [0.5, 0.6) is 6.01 Å². The molecule has 2 heterocycles. The van der Waals surface area contributed by atoms with E-state index in [1.165, 1.54) is 12.0 Å². The van der Waals surface area contributed by atoms with E-state index in [0.717, 1.165) is 51.2 Å². The molecule has 0 bridgehead atoms. The number of halogens is 1. The fourth-order valence-electron chi connectivity index (χ4n) is 4.73. The van der Waals surface area contributed by atoms with Gasteiger partial charge in [-0.05, 0) is 62.6 Å². The summed E-state index contributed by atoms with van der Waals surface area (Å²) >= 11 is 0. The molecule has 0 spiro atoms. The Morgan fingerprint density at radius 3 is 2.58 bits per heavy atom. The number of carbonyl (C=O) groups is 1. The number of rotatable bonds is 10. The number of benzene rings is 1. The van der Waals surface area contributed by atoms with E-state index in [1.54, 1.807) is 0 Å². The minimum Gasteiger partial charge on any atom is -0.481 e. The summed E-state index contributed by atoms with van der Waals surface area (Å²) in [4.78, 5) is 21.0. The van der Waals surface area contributed by atoms with Crippen LogP contribution in [0.1, 0.15) is 50.0 Å². The van der Waals surface area contributed by atoms with Crippen LogP contribution in [0.4, 0.5) is 4.39 Å². The number of piperidine rings is 1. The second kappa shape index (κ2) is 9.73. The van der Waals surface area contributed by atoms with Crippen molar-refractivity contribution >= 4 is 5.97 Å². The predicted molar refractivity (Wildman–Crippen MR) is 114 cm³/mol. The van der Waals surface area contributed by atoms with Crippen molar-refractivity contribution in [3.63, 3.8) is 0 Å². The average Bonchev–Trinajstić information content (AvgIpc) is 3.57. The van der Waals surface area contributed by atoms with Crippen molar-refractivity contribution in [2.75, 3.05) is 26.2 Å². The van der Waals surface area contributed by atoms with Gasteiger partial charge in [0.1, 0.15) is 0 Å². The van der Waals surface area contributed by atoms with E-state index in [1.807, 2.05) is 0 Å². The summed E-state index contributed by atoms with van der Waals surface area (Å²) in [5.74, 6) is 0.144. The van der Waals surface area contributed by atoms with Crippen molar-refractivity contribution < 1.29 is 19.0 Å². The van der Waals surface area contributed by atoms with Crippen LogP contribution in [-0.4, -0.2) is 52.2 Å². The number of carboxylic acids is 1. The first-order valence-corrected chi connectivity index (χ1v) is 11.1. The largest absolute Gasteiger partial charge is 0.481 e. The second-order valence-corrected chi connectivity index (χ2v) is 9.01. The van der Waals surface area contributed by atoms with Gasteiger partial charge >= 0.3 is 12.0 Å². The summed E-state index contributed by atoms with van der Waals surface area (Å²) in [6.07, 6.45) is 7.79. The van der Waals surface area contributed by atoms with Crippen LogP contribution in [0.15, 0.2) is 42.7 Å². The molecular formula is C24H30FN3O3. The maximum absolute atomic E-state index is 13.1. The van der Waals surface area contributed by atoms with E-state index in [9.17, 15) is 9.18 Å². The lowest BCUT2D eigenvalue weighted by molar-refractivity contribution is -0.137. The molecule has 0 amide bonds. The Labute approximate surface area is 182 Å². The topological polar surface area (TPSA) is 75.5 Å². The van der Waals surface area contributed by atoms with Gasteiger partial charge in [-0.15, -0.1) is 0 Å². The summed E-state index contributed by atoms with van der Waals surface area (Å²) in [7, 11) is 0. The molecule has 166 valence electrons. The number of hydrogen-bond acceptors (Lipinski definition) is 5. The van der Waals surface area contributed by atoms with Gasteiger partial charge in [-0.25, -0.2) is 14.4 Å². The lowest BCUT2D eigenvalue weighted by Crippen LogP contribution is -2.44. The quantitative estimate of drug-likeness (QED) is 0.614. The zero-order chi connectivity index (χ0) is 21.7. The molecule has 1 saturated carbocycles. The van der Waals surface area contributed by atoms with Gasteiger partial charge in [0.05, 0.1) is 25.4 Å². The number of hydrogen-bond donors (Lipinski definition) is 1. The Balaban J connectivity index is 1.34. The first-order chi connectivity index (χ1) is 15.0. The van der Waals surface area contributed by atoms with E-state index >= 15 is 0 Å². The van der Waals surface area contributed by atoms with E-state index in [4.69, 9.17) is 9.84 Å². The van der Waals surface area contributed by atoms with E-state index in [0.29, 0.717) is 25.0 Å². The second-order valence-electron chi connectivity index (χ2n) is 9.01. The fourth-order valence-corrected chi connectivity index (χ4v) is 4.73. The van der Waals surface area contributed by atoms with Crippen molar-refractivity contribution in [1.29, 1.82) is 0 Å². The summed E-state index contributed by atoms with van der Waals surface area (Å²) in [6, 6.07) is 10.9. The monoisotopic (exact) mass is 427 g/mol. The summed E-state index contributed by atoms with van der Waals surface area (Å²) in [6.45, 7) is 2.83. The van der Waals surface area contributed by atoms with Crippen molar-refractivity contribution in [2.45, 2.75) is 44.4 Å². The highest BCUT2D eigenvalue weighted by Crippen LogP contribution is 2.52. The number of nitrogens with zero attached hydrogens (tertiary/aromatic N) is 3. The third-order valence-corrected chi connectivity index (χ3v) is 6.86. The van der Waals surface area contributed by atoms with Crippen LogP contribution in [0.3, 0.4) is 0 Å². The van der Waals surface area contributed by atoms with Gasteiger partial charge in [0.15, 0.2) is 5.82 Å². The van der Waals surface area contributed by atoms with Crippen LogP contribution in [0.2, 0.25) is 0 Å². The number of aliphatic carboxylic acids is 1. The molecule has 0 radical (unpaired) electrons. The summed E-state index contributed by atoms with van der Waals surface area (Å²) < 4.78 is 19.0. The summed E-state index contributed by atoms with van der Waals surface area (Å²) in [5, 5.41) is 8.96. The molecule has 1 aromatic heterocycles. The molecule has 7 heteroatoms. The van der Waals surface area contributed by atoms with Gasteiger partial charge in [-0.3, -0.25) is 4.79 Å². The smallest absolute Gasteiger partial charge is 0.316 e. The first-order valence-electron chi connectivity index (χ1n) is 11.1. The summed E-state index contributed by atoms with van der Waals surface area (Å²) in [5.41, 5.74) is 1.45. The van der Waals surface area contributed by atoms with Crippen LogP contribution in [0, 0.1) is 17.2 Å². The maximum Gasteiger partial charge on any atom is 0.316 e. The fraction of sp³-hybridized carbons (Fsp3) is 0.542. The molecule has 1 aliphatic heterocycles. The van der Waals surface area contributed by atoms with Crippen molar-refractivity contribution in [1.82, 2.24) is 14.9 Å². The minimum absolute atomic E-state index is 0.0152. The molecule has 2 aliphatic rings. The molecule has 1 aromatic carbocycles. The Bertz CT molecular complexity index is 854. The van der Waals surface area contributed by atoms with Gasteiger partial charge in [-0.1, -0.05) is 30.3 Å². The molecule has 1 saturated heterocycles. The Kier molecular flexibility index (Phi) is 6.80. The molecule has 1 unspecified atom stereocenters. The van der Waals surface area contributed by atoms with Crippen LogP contribution >= 0.6 is 0 Å². The minimum atomic E-state index is -0.755. The highest BCUT2D eigenvalue weighted by Gasteiger charge is 2.42. The SMILES string of the molecule is O=C(O)CCN1CCC(CC[C@@H]2CC2c2ccccc2)(COc2ncc(F)cn2)CC1. The number of likely N-dealkylation sites (tertiary alicyclic amines) is 1. The molecule has 31 heavy (non-hydrogen) atoms. The third-order valence-electron chi connectivity index (χ3n) is 6.86. The van der Waals surface area contributed by atoms with E-state index in [-0.39, 0.29) is 17.8 Å². The molecule has 2 fully saturated rings. The third kappa shape index (κ3) is 6.00. The standard InChI is InChI=1S/C24H30FN3O3/c25-20-15-26-23(27-16-20)31-17-24(9-12-28(13-10-24)11-7-22(29)30)8-6-19-14-21(19)18-4-2-1-3-5-18/h1-5,15-16,19,21H,6-14,17H2,(H,29,30)/t19-,21?/m1/s1. The molecule has 2 aromatic rings. The highest BCUT2D eigenvalue weighted by atomic mass is 19.1. The predicted octanol–water partition coefficient (Wildman–Crippen LogP) is 4.14. The Morgan fingerprint density at radius 2 is 1.90 bits per heavy atom. The highest BCUT2D eigenvalue weighted by molar-refractivity contribution is 5.66. The lowest BCUT2D eigenvalue weighted by Gasteiger charge is -2.41. The Hall–Kier alpha value is -2.54. The van der Waals surface area contributed by atoms with Crippen LogP contribution in [0.25, 0.3) is 0 Å². The van der Waals surface area contributed by atoms with Gasteiger partial charge in [0, 0.05) is 12.0 Å².